The van der Waals surface area contributed by atoms with Gasteiger partial charge in [0.25, 0.3) is 0 Å². The van der Waals surface area contributed by atoms with Crippen LogP contribution in [0.1, 0.15) is 7.43 Å². The lowest BCUT2D eigenvalue weighted by molar-refractivity contribution is 1.18. The van der Waals surface area contributed by atoms with E-state index in [9.17, 15) is 0 Å². The van der Waals surface area contributed by atoms with Crippen molar-refractivity contribution in [2.45, 2.75) is 7.43 Å². The molecule has 0 bridgehead atoms. The van der Waals surface area contributed by atoms with Gasteiger partial charge in [-0.05, 0) is 95.1 Å². The van der Waals surface area contributed by atoms with Crippen molar-refractivity contribution in [1.29, 1.82) is 0 Å². The van der Waals surface area contributed by atoms with Crippen LogP contribution >= 0.6 is 11.3 Å². The zero-order valence-corrected chi connectivity index (χ0v) is 28.6. The van der Waals surface area contributed by atoms with E-state index < -0.39 is 0 Å². The topological polar surface area (TPSA) is 8.17 Å². The average molecular weight is 685 g/mol. The molecule has 2 heterocycles. The van der Waals surface area contributed by atoms with Crippen molar-refractivity contribution in [3.63, 3.8) is 0 Å². The molecule has 8 aromatic carbocycles. The number of rotatable bonds is 6. The van der Waals surface area contributed by atoms with Crippen LogP contribution in [0, 0.1) is 0 Å². The second kappa shape index (κ2) is 13.0. The molecule has 0 fully saturated rings. The van der Waals surface area contributed by atoms with Gasteiger partial charge in [0.2, 0.25) is 0 Å². The summed E-state index contributed by atoms with van der Waals surface area (Å²) in [6.45, 7) is 0. The van der Waals surface area contributed by atoms with Crippen LogP contribution in [0.15, 0.2) is 194 Å². The first-order chi connectivity index (χ1) is 25.3. The predicted molar refractivity (Wildman–Crippen MR) is 226 cm³/mol. The number of hydrogen-bond acceptors (Lipinski definition) is 2. The molecule has 3 heteroatoms. The fourth-order valence-corrected chi connectivity index (χ4v) is 8.71. The number of benzene rings is 8. The quantitative estimate of drug-likeness (QED) is 0.169. The van der Waals surface area contributed by atoms with Gasteiger partial charge in [-0.1, -0.05) is 129 Å². The summed E-state index contributed by atoms with van der Waals surface area (Å²) in [6.07, 6.45) is 0. The van der Waals surface area contributed by atoms with Gasteiger partial charge in [0.1, 0.15) is 0 Å². The summed E-state index contributed by atoms with van der Waals surface area (Å²) in [5, 5.41) is 5.12. The fraction of sp³-hybridized carbons (Fsp3) is 0.0204. The molecule has 0 radical (unpaired) electrons. The summed E-state index contributed by atoms with van der Waals surface area (Å²) >= 11 is 1.86. The van der Waals surface area contributed by atoms with E-state index in [1.807, 2.05) is 11.3 Å². The first-order valence-electron chi connectivity index (χ1n) is 17.3. The maximum atomic E-state index is 2.39. The molecule has 2 aromatic heterocycles. The van der Waals surface area contributed by atoms with E-state index in [2.05, 4.69) is 204 Å². The monoisotopic (exact) mass is 684 g/mol. The van der Waals surface area contributed by atoms with Gasteiger partial charge < -0.3 is 9.47 Å². The Balaban J connectivity index is 0.00000360. The van der Waals surface area contributed by atoms with Gasteiger partial charge in [0.15, 0.2) is 0 Å². The third-order valence-electron chi connectivity index (χ3n) is 9.98. The van der Waals surface area contributed by atoms with Crippen LogP contribution in [-0.2, 0) is 0 Å². The summed E-state index contributed by atoms with van der Waals surface area (Å²) < 4.78 is 4.97. The lowest BCUT2D eigenvalue weighted by atomic mass is 10.0. The Labute approximate surface area is 308 Å². The minimum absolute atomic E-state index is 0. The van der Waals surface area contributed by atoms with E-state index >= 15 is 0 Å². The maximum Gasteiger partial charge on any atom is 0.0541 e. The van der Waals surface area contributed by atoms with Gasteiger partial charge in [-0.15, -0.1) is 11.3 Å². The molecule has 0 aliphatic rings. The number of hydrogen-bond donors (Lipinski definition) is 0. The van der Waals surface area contributed by atoms with Crippen molar-refractivity contribution in [3.8, 4) is 27.9 Å². The van der Waals surface area contributed by atoms with E-state index in [1.54, 1.807) is 0 Å². The summed E-state index contributed by atoms with van der Waals surface area (Å²) in [6, 6.07) is 70.4. The van der Waals surface area contributed by atoms with Crippen LogP contribution in [-0.4, -0.2) is 4.57 Å². The van der Waals surface area contributed by atoms with Crippen molar-refractivity contribution in [3.05, 3.63) is 194 Å². The summed E-state index contributed by atoms with van der Waals surface area (Å²) in [4.78, 5) is 2.39. The molecule has 0 amide bonds. The van der Waals surface area contributed by atoms with Gasteiger partial charge >= 0.3 is 0 Å². The number of thiophene rings is 1. The lowest BCUT2D eigenvalue weighted by Crippen LogP contribution is -2.09. The van der Waals surface area contributed by atoms with Crippen molar-refractivity contribution in [1.82, 2.24) is 4.57 Å². The number of para-hydroxylation sites is 2. The molecule has 0 aliphatic carbocycles. The second-order valence-corrected chi connectivity index (χ2v) is 14.1. The molecular formula is C49H36N2S. The standard InChI is InChI=1S/C48H32N2S.CH4/c1-3-12-33(13-4-1)34-22-25-38(26-23-34)49(40-27-28-43-42-19-8-10-21-47(42)51-48(43)32-40)39-17-11-14-35(30-39)36-24-29-46-44(31-36)41-18-7-9-20-45(41)50(46)37-15-5-2-6-16-37;/h1-32H;1H4. The molecule has 0 N–H and O–H groups in total. The summed E-state index contributed by atoms with van der Waals surface area (Å²) in [5.74, 6) is 0. The minimum Gasteiger partial charge on any atom is -0.310 e. The highest BCUT2D eigenvalue weighted by Gasteiger charge is 2.17. The first-order valence-corrected chi connectivity index (χ1v) is 18.2. The molecule has 0 unspecified atom stereocenters. The largest absolute Gasteiger partial charge is 0.310 e. The molecule has 10 aromatic rings. The van der Waals surface area contributed by atoms with Crippen molar-refractivity contribution in [2.24, 2.45) is 0 Å². The lowest BCUT2D eigenvalue weighted by Gasteiger charge is -2.26. The molecule has 52 heavy (non-hydrogen) atoms. The van der Waals surface area contributed by atoms with Gasteiger partial charge in [-0.3, -0.25) is 0 Å². The zero-order valence-electron chi connectivity index (χ0n) is 27.8. The minimum atomic E-state index is 0. The van der Waals surface area contributed by atoms with E-state index in [1.165, 1.54) is 69.9 Å². The highest BCUT2D eigenvalue weighted by Crippen LogP contribution is 2.42. The maximum absolute atomic E-state index is 2.39. The Morgan fingerprint density at radius 2 is 0.923 bits per heavy atom. The van der Waals surface area contributed by atoms with Crippen LogP contribution < -0.4 is 4.90 Å². The third-order valence-corrected chi connectivity index (χ3v) is 11.1. The Morgan fingerprint density at radius 3 is 1.75 bits per heavy atom. The second-order valence-electron chi connectivity index (χ2n) is 13.0. The number of fused-ring (bicyclic) bond motifs is 6. The molecule has 248 valence electrons. The fourth-order valence-electron chi connectivity index (χ4n) is 7.57. The van der Waals surface area contributed by atoms with Crippen LogP contribution in [0.4, 0.5) is 17.1 Å². The third kappa shape index (κ3) is 5.35. The highest BCUT2D eigenvalue weighted by atomic mass is 32.1. The summed E-state index contributed by atoms with van der Waals surface area (Å²) in [7, 11) is 0. The highest BCUT2D eigenvalue weighted by molar-refractivity contribution is 7.25. The Kier molecular flexibility index (Phi) is 7.91. The molecule has 0 aliphatic heterocycles. The molecule has 0 atom stereocenters. The molecule has 0 saturated carbocycles. The zero-order chi connectivity index (χ0) is 33.7. The number of nitrogens with zero attached hydrogens (tertiary/aromatic N) is 2. The van der Waals surface area contributed by atoms with Crippen LogP contribution in [0.3, 0.4) is 0 Å². The van der Waals surface area contributed by atoms with Crippen LogP contribution in [0.5, 0.6) is 0 Å². The summed E-state index contributed by atoms with van der Waals surface area (Å²) in [5.41, 5.74) is 11.8. The number of anilines is 3. The molecule has 0 saturated heterocycles. The molecular weight excluding hydrogens is 649 g/mol. The molecule has 10 rings (SSSR count). The normalized spacial score (nSPS) is 11.3. The van der Waals surface area contributed by atoms with Crippen molar-refractivity contribution in [2.75, 3.05) is 4.90 Å². The smallest absolute Gasteiger partial charge is 0.0541 e. The Bertz CT molecular complexity index is 2850. The van der Waals surface area contributed by atoms with E-state index in [4.69, 9.17) is 0 Å². The van der Waals surface area contributed by atoms with Crippen LogP contribution in [0.2, 0.25) is 0 Å². The van der Waals surface area contributed by atoms with Crippen LogP contribution in [0.25, 0.3) is 69.9 Å². The van der Waals surface area contributed by atoms with Gasteiger partial charge in [-0.2, -0.15) is 0 Å². The molecule has 0 spiro atoms. The Morgan fingerprint density at radius 1 is 0.346 bits per heavy atom. The van der Waals surface area contributed by atoms with Gasteiger partial charge in [0, 0.05) is 53.7 Å². The first kappa shape index (κ1) is 31.6. The average Bonchev–Trinajstić information content (AvgIpc) is 3.74. The van der Waals surface area contributed by atoms with Crippen molar-refractivity contribution < 1.29 is 0 Å². The Hall–Kier alpha value is -6.42. The predicted octanol–water partition coefficient (Wildman–Crippen LogP) is 14.6. The van der Waals surface area contributed by atoms with Gasteiger partial charge in [-0.25, -0.2) is 0 Å². The van der Waals surface area contributed by atoms with Crippen molar-refractivity contribution >= 4 is 70.4 Å². The molecule has 2 nitrogen and oxygen atoms in total. The van der Waals surface area contributed by atoms with E-state index in [0.717, 1.165) is 17.1 Å². The van der Waals surface area contributed by atoms with Gasteiger partial charge in [0.05, 0.1) is 11.0 Å². The van der Waals surface area contributed by atoms with E-state index in [0.29, 0.717) is 0 Å². The number of aromatic nitrogens is 1. The van der Waals surface area contributed by atoms with E-state index in [-0.39, 0.29) is 7.43 Å². The SMILES string of the molecule is C.c1ccc(-c2ccc(N(c3cccc(-c4ccc5c(c4)c4ccccc4n5-c4ccccc4)c3)c3ccc4c(c3)sc3ccccc34)cc2)cc1.